The molecule has 0 amide bonds. The van der Waals surface area contributed by atoms with Gasteiger partial charge in [-0.05, 0) is 32.9 Å². The fourth-order valence-corrected chi connectivity index (χ4v) is 2.30. The Bertz CT molecular complexity index is 437. The van der Waals surface area contributed by atoms with E-state index in [1.807, 2.05) is 6.92 Å². The Morgan fingerprint density at radius 1 is 1.25 bits per heavy atom. The highest BCUT2D eigenvalue weighted by Gasteiger charge is 2.14. The Morgan fingerprint density at radius 3 is 2.70 bits per heavy atom. The Hall–Kier alpha value is -1.43. The van der Waals surface area contributed by atoms with Crippen molar-refractivity contribution in [3.8, 4) is 5.88 Å². The number of hydrogen-bond acceptors (Lipinski definition) is 4. The number of piperidine rings is 1. The molecular weight excluding hydrogens is 264 g/mol. The molecule has 1 N–H and O–H groups in total. The van der Waals surface area contributed by atoms with Crippen molar-refractivity contribution in [2.24, 2.45) is 0 Å². The van der Waals surface area contributed by atoms with Crippen molar-refractivity contribution in [3.63, 3.8) is 0 Å². The third-order valence-corrected chi connectivity index (χ3v) is 3.34. The second-order valence-corrected chi connectivity index (χ2v) is 4.89. The van der Waals surface area contributed by atoms with Gasteiger partial charge in [0.15, 0.2) is 17.5 Å². The van der Waals surface area contributed by atoms with Crippen molar-refractivity contribution in [2.45, 2.75) is 26.2 Å². The summed E-state index contributed by atoms with van der Waals surface area (Å²) in [6, 6.07) is 0.807. The SMILES string of the molecule is CCNc1nc(OCCN2CCCCC2)c(F)cc1F. The highest BCUT2D eigenvalue weighted by molar-refractivity contribution is 5.39. The van der Waals surface area contributed by atoms with E-state index in [2.05, 4.69) is 15.2 Å². The zero-order chi connectivity index (χ0) is 14.4. The first-order valence-electron chi connectivity index (χ1n) is 7.15. The van der Waals surface area contributed by atoms with E-state index < -0.39 is 11.6 Å². The van der Waals surface area contributed by atoms with Gasteiger partial charge < -0.3 is 10.1 Å². The van der Waals surface area contributed by atoms with Crippen LogP contribution in [0, 0.1) is 11.6 Å². The van der Waals surface area contributed by atoms with Gasteiger partial charge in [0.05, 0.1) is 0 Å². The summed E-state index contributed by atoms with van der Waals surface area (Å²) in [4.78, 5) is 6.13. The summed E-state index contributed by atoms with van der Waals surface area (Å²) in [5, 5.41) is 2.74. The molecule has 1 aromatic rings. The first-order chi connectivity index (χ1) is 9.70. The van der Waals surface area contributed by atoms with Gasteiger partial charge in [-0.2, -0.15) is 4.98 Å². The van der Waals surface area contributed by atoms with Gasteiger partial charge in [0, 0.05) is 19.2 Å². The lowest BCUT2D eigenvalue weighted by Crippen LogP contribution is -2.33. The lowest BCUT2D eigenvalue weighted by molar-refractivity contribution is 0.177. The number of pyridine rings is 1. The molecule has 20 heavy (non-hydrogen) atoms. The van der Waals surface area contributed by atoms with Crippen LogP contribution in [-0.4, -0.2) is 42.7 Å². The normalized spacial score (nSPS) is 16.1. The van der Waals surface area contributed by atoms with E-state index in [9.17, 15) is 8.78 Å². The van der Waals surface area contributed by atoms with Crippen LogP contribution in [0.1, 0.15) is 26.2 Å². The largest absolute Gasteiger partial charge is 0.474 e. The third-order valence-electron chi connectivity index (χ3n) is 3.34. The number of halogens is 2. The molecule has 2 heterocycles. The smallest absolute Gasteiger partial charge is 0.252 e. The number of anilines is 1. The van der Waals surface area contributed by atoms with Gasteiger partial charge in [-0.25, -0.2) is 8.78 Å². The Labute approximate surface area is 118 Å². The maximum absolute atomic E-state index is 13.6. The van der Waals surface area contributed by atoms with Gasteiger partial charge in [0.2, 0.25) is 0 Å². The van der Waals surface area contributed by atoms with Crippen LogP contribution >= 0.6 is 0 Å². The topological polar surface area (TPSA) is 37.4 Å². The Balaban J connectivity index is 1.89. The van der Waals surface area contributed by atoms with Crippen LogP contribution in [0.15, 0.2) is 6.07 Å². The Kier molecular flexibility index (Phi) is 5.52. The molecule has 1 aliphatic heterocycles. The molecule has 0 aromatic carbocycles. The van der Waals surface area contributed by atoms with E-state index in [0.717, 1.165) is 25.7 Å². The van der Waals surface area contributed by atoms with Crippen LogP contribution in [0.25, 0.3) is 0 Å². The zero-order valence-corrected chi connectivity index (χ0v) is 11.8. The molecular formula is C14H21F2N3O. The predicted molar refractivity (Wildman–Crippen MR) is 74.1 cm³/mol. The summed E-state index contributed by atoms with van der Waals surface area (Å²) in [7, 11) is 0. The molecule has 4 nitrogen and oxygen atoms in total. The Morgan fingerprint density at radius 2 is 2.00 bits per heavy atom. The van der Waals surface area contributed by atoms with E-state index in [4.69, 9.17) is 4.74 Å². The molecule has 6 heteroatoms. The molecule has 1 fully saturated rings. The molecule has 0 radical (unpaired) electrons. The molecule has 0 aliphatic carbocycles. The van der Waals surface area contributed by atoms with E-state index >= 15 is 0 Å². The average molecular weight is 285 g/mol. The molecule has 1 aliphatic rings. The average Bonchev–Trinajstić information content (AvgIpc) is 2.45. The second kappa shape index (κ2) is 7.38. The maximum Gasteiger partial charge on any atom is 0.252 e. The molecule has 1 aromatic heterocycles. The van der Waals surface area contributed by atoms with Gasteiger partial charge in [0.1, 0.15) is 6.61 Å². The minimum absolute atomic E-state index is 0.0295. The number of nitrogens with one attached hydrogen (secondary N) is 1. The van der Waals surface area contributed by atoms with Crippen molar-refractivity contribution in [1.29, 1.82) is 0 Å². The molecule has 112 valence electrons. The minimum Gasteiger partial charge on any atom is -0.474 e. The molecule has 0 unspecified atom stereocenters. The summed E-state index contributed by atoms with van der Waals surface area (Å²) in [6.07, 6.45) is 3.68. The van der Waals surface area contributed by atoms with Gasteiger partial charge in [0.25, 0.3) is 5.88 Å². The van der Waals surface area contributed by atoms with Crippen LogP contribution in [0.3, 0.4) is 0 Å². The van der Waals surface area contributed by atoms with Crippen LogP contribution in [0.5, 0.6) is 5.88 Å². The summed E-state index contributed by atoms with van der Waals surface area (Å²) >= 11 is 0. The lowest BCUT2D eigenvalue weighted by Gasteiger charge is -2.26. The van der Waals surface area contributed by atoms with E-state index in [1.54, 1.807) is 0 Å². The van der Waals surface area contributed by atoms with Crippen molar-refractivity contribution in [3.05, 3.63) is 17.7 Å². The predicted octanol–water partition coefficient (Wildman–Crippen LogP) is 2.66. The van der Waals surface area contributed by atoms with E-state index in [-0.39, 0.29) is 11.7 Å². The summed E-state index contributed by atoms with van der Waals surface area (Å²) in [5.41, 5.74) is 0. The van der Waals surface area contributed by atoms with Crippen LogP contribution in [-0.2, 0) is 0 Å². The van der Waals surface area contributed by atoms with Crippen LogP contribution in [0.4, 0.5) is 14.6 Å². The summed E-state index contributed by atoms with van der Waals surface area (Å²) in [6.45, 7) is 5.57. The summed E-state index contributed by atoms with van der Waals surface area (Å²) in [5.74, 6) is -1.57. The molecule has 0 bridgehead atoms. The standard InChI is InChI=1S/C14H21F2N3O/c1-2-17-13-11(15)10-12(16)14(18-13)20-9-8-19-6-4-3-5-7-19/h10H,2-9H2,1H3,(H,17,18). The zero-order valence-electron chi connectivity index (χ0n) is 11.8. The van der Waals surface area contributed by atoms with Crippen LogP contribution < -0.4 is 10.1 Å². The number of nitrogens with zero attached hydrogens (tertiary/aromatic N) is 2. The second-order valence-electron chi connectivity index (χ2n) is 4.89. The highest BCUT2D eigenvalue weighted by atomic mass is 19.1. The fourth-order valence-electron chi connectivity index (χ4n) is 2.30. The molecule has 1 saturated heterocycles. The monoisotopic (exact) mass is 285 g/mol. The number of likely N-dealkylation sites (tertiary alicyclic amines) is 1. The first kappa shape index (κ1) is 15.0. The van der Waals surface area contributed by atoms with E-state index in [1.165, 1.54) is 19.3 Å². The maximum atomic E-state index is 13.6. The number of rotatable bonds is 6. The fraction of sp³-hybridized carbons (Fsp3) is 0.643. The lowest BCUT2D eigenvalue weighted by atomic mass is 10.1. The van der Waals surface area contributed by atoms with E-state index in [0.29, 0.717) is 13.2 Å². The van der Waals surface area contributed by atoms with Crippen molar-refractivity contribution in [1.82, 2.24) is 9.88 Å². The third kappa shape index (κ3) is 4.03. The summed E-state index contributed by atoms with van der Waals surface area (Å²) < 4.78 is 32.3. The highest BCUT2D eigenvalue weighted by Crippen LogP contribution is 2.20. The molecule has 0 saturated carbocycles. The van der Waals surface area contributed by atoms with Crippen LogP contribution in [0.2, 0.25) is 0 Å². The van der Waals surface area contributed by atoms with Crippen molar-refractivity contribution < 1.29 is 13.5 Å². The number of ether oxygens (including phenoxy) is 1. The quantitative estimate of drug-likeness (QED) is 0.872. The number of hydrogen-bond donors (Lipinski definition) is 1. The van der Waals surface area contributed by atoms with Crippen molar-refractivity contribution in [2.75, 3.05) is 38.1 Å². The minimum atomic E-state index is -0.761. The first-order valence-corrected chi connectivity index (χ1v) is 7.15. The number of aromatic nitrogens is 1. The molecule has 0 spiro atoms. The van der Waals surface area contributed by atoms with Gasteiger partial charge in [-0.1, -0.05) is 6.42 Å². The molecule has 0 atom stereocenters. The van der Waals surface area contributed by atoms with Crippen molar-refractivity contribution >= 4 is 5.82 Å². The molecule has 2 rings (SSSR count). The van der Waals surface area contributed by atoms with Gasteiger partial charge in [-0.3, -0.25) is 4.90 Å². The van der Waals surface area contributed by atoms with Gasteiger partial charge >= 0.3 is 0 Å². The van der Waals surface area contributed by atoms with Gasteiger partial charge in [-0.15, -0.1) is 0 Å².